The second-order valence-electron chi connectivity index (χ2n) is 8.32. The van der Waals surface area contributed by atoms with Crippen LogP contribution in [0.5, 0.6) is 0 Å². The van der Waals surface area contributed by atoms with Gasteiger partial charge in [0.2, 0.25) is 5.91 Å². The summed E-state index contributed by atoms with van der Waals surface area (Å²) < 4.78 is 7.01. The van der Waals surface area contributed by atoms with E-state index >= 15 is 0 Å². The number of aromatic nitrogens is 3. The van der Waals surface area contributed by atoms with Crippen molar-refractivity contribution in [1.29, 1.82) is 0 Å². The molecule has 0 radical (unpaired) electrons. The van der Waals surface area contributed by atoms with Crippen LogP contribution in [0.15, 0.2) is 65.1 Å². The van der Waals surface area contributed by atoms with Gasteiger partial charge < -0.3 is 19.5 Å². The lowest BCUT2D eigenvalue weighted by molar-refractivity contribution is -0.113. The molecule has 0 aliphatic rings. The SMILES string of the molecule is CCN(CC)c1ccc(-c2nnc(SCC(=O)Nc3scc(-c4ccccc4)c3C(=O)OC)n2CC)cc1. The van der Waals surface area contributed by atoms with Crippen molar-refractivity contribution in [3.63, 3.8) is 0 Å². The summed E-state index contributed by atoms with van der Waals surface area (Å²) in [6, 6.07) is 17.9. The first kappa shape index (κ1) is 27.4. The van der Waals surface area contributed by atoms with E-state index in [9.17, 15) is 9.59 Å². The molecule has 0 aliphatic carbocycles. The van der Waals surface area contributed by atoms with Crippen LogP contribution in [0.25, 0.3) is 22.5 Å². The van der Waals surface area contributed by atoms with Gasteiger partial charge in [-0.15, -0.1) is 21.5 Å². The molecule has 2 heterocycles. The van der Waals surface area contributed by atoms with Crippen molar-refractivity contribution < 1.29 is 14.3 Å². The first-order chi connectivity index (χ1) is 18.5. The van der Waals surface area contributed by atoms with E-state index < -0.39 is 5.97 Å². The number of methoxy groups -OCH3 is 1. The number of esters is 1. The minimum absolute atomic E-state index is 0.123. The van der Waals surface area contributed by atoms with Gasteiger partial charge in [-0.25, -0.2) is 4.79 Å². The Morgan fingerprint density at radius 1 is 1.00 bits per heavy atom. The van der Waals surface area contributed by atoms with Gasteiger partial charge in [0.25, 0.3) is 0 Å². The van der Waals surface area contributed by atoms with Crippen LogP contribution in [0.3, 0.4) is 0 Å². The molecule has 0 saturated carbocycles. The number of rotatable bonds is 11. The molecule has 0 fully saturated rings. The van der Waals surface area contributed by atoms with Crippen LogP contribution in [-0.4, -0.2) is 52.6 Å². The number of benzene rings is 2. The Hall–Kier alpha value is -3.63. The smallest absolute Gasteiger partial charge is 0.341 e. The first-order valence-electron chi connectivity index (χ1n) is 12.5. The van der Waals surface area contributed by atoms with E-state index in [1.54, 1.807) is 0 Å². The van der Waals surface area contributed by atoms with Crippen molar-refractivity contribution in [2.75, 3.05) is 36.2 Å². The average Bonchev–Trinajstić information content (AvgIpc) is 3.57. The summed E-state index contributed by atoms with van der Waals surface area (Å²) in [5.74, 6) is 0.158. The van der Waals surface area contributed by atoms with Gasteiger partial charge in [0.1, 0.15) is 10.6 Å². The van der Waals surface area contributed by atoms with Crippen LogP contribution in [0.1, 0.15) is 31.1 Å². The van der Waals surface area contributed by atoms with E-state index in [1.807, 2.05) is 47.2 Å². The van der Waals surface area contributed by atoms with E-state index in [0.29, 0.717) is 22.3 Å². The maximum atomic E-state index is 12.9. The molecular formula is C28H31N5O3S2. The van der Waals surface area contributed by atoms with Crippen LogP contribution >= 0.6 is 23.1 Å². The van der Waals surface area contributed by atoms with Crippen molar-refractivity contribution in [3.8, 4) is 22.5 Å². The van der Waals surface area contributed by atoms with E-state index in [0.717, 1.165) is 35.6 Å². The van der Waals surface area contributed by atoms with Crippen LogP contribution < -0.4 is 10.2 Å². The number of ether oxygens (including phenoxy) is 1. The molecule has 198 valence electrons. The molecule has 8 nitrogen and oxygen atoms in total. The van der Waals surface area contributed by atoms with Gasteiger partial charge in [0, 0.05) is 41.8 Å². The fraction of sp³-hybridized carbons (Fsp3) is 0.286. The normalized spacial score (nSPS) is 10.8. The Labute approximate surface area is 231 Å². The zero-order chi connectivity index (χ0) is 27.1. The van der Waals surface area contributed by atoms with Crippen LogP contribution in [-0.2, 0) is 16.1 Å². The zero-order valence-electron chi connectivity index (χ0n) is 21.9. The number of carbonyl (C=O) groups is 2. The second kappa shape index (κ2) is 12.7. The molecule has 4 aromatic rings. The molecule has 1 N–H and O–H groups in total. The molecule has 2 aromatic heterocycles. The van der Waals surface area contributed by atoms with Crippen LogP contribution in [0.4, 0.5) is 10.7 Å². The minimum atomic E-state index is -0.490. The summed E-state index contributed by atoms with van der Waals surface area (Å²) in [6.07, 6.45) is 0. The first-order valence-corrected chi connectivity index (χ1v) is 14.3. The minimum Gasteiger partial charge on any atom is -0.465 e. The Balaban J connectivity index is 1.47. The number of hydrogen-bond acceptors (Lipinski definition) is 8. The Bertz CT molecular complexity index is 1380. The van der Waals surface area contributed by atoms with Crippen molar-refractivity contribution >= 4 is 45.7 Å². The molecule has 38 heavy (non-hydrogen) atoms. The van der Waals surface area contributed by atoms with Gasteiger partial charge in [-0.3, -0.25) is 4.79 Å². The summed E-state index contributed by atoms with van der Waals surface area (Å²) in [5, 5.41) is 14.6. The molecule has 0 atom stereocenters. The lowest BCUT2D eigenvalue weighted by Crippen LogP contribution is -2.21. The molecule has 10 heteroatoms. The van der Waals surface area contributed by atoms with Gasteiger partial charge >= 0.3 is 5.97 Å². The number of hydrogen-bond donors (Lipinski definition) is 1. The molecule has 0 saturated heterocycles. The molecule has 0 spiro atoms. The van der Waals surface area contributed by atoms with Crippen LogP contribution in [0.2, 0.25) is 0 Å². The summed E-state index contributed by atoms with van der Waals surface area (Å²) >= 11 is 2.61. The monoisotopic (exact) mass is 549 g/mol. The molecule has 0 aliphatic heterocycles. The quantitative estimate of drug-likeness (QED) is 0.180. The average molecular weight is 550 g/mol. The Morgan fingerprint density at radius 2 is 1.71 bits per heavy atom. The summed E-state index contributed by atoms with van der Waals surface area (Å²) in [4.78, 5) is 27.7. The highest BCUT2D eigenvalue weighted by Crippen LogP contribution is 2.36. The van der Waals surface area contributed by atoms with Gasteiger partial charge in [-0.1, -0.05) is 42.1 Å². The zero-order valence-corrected chi connectivity index (χ0v) is 23.6. The predicted octanol–water partition coefficient (Wildman–Crippen LogP) is 6.06. The van der Waals surface area contributed by atoms with E-state index in [1.165, 1.54) is 35.9 Å². The summed E-state index contributed by atoms with van der Waals surface area (Å²) in [5.41, 5.74) is 4.11. The molecule has 2 aromatic carbocycles. The van der Waals surface area contributed by atoms with Gasteiger partial charge in [0.15, 0.2) is 11.0 Å². The van der Waals surface area contributed by atoms with Crippen molar-refractivity contribution in [1.82, 2.24) is 14.8 Å². The third-order valence-corrected chi connectivity index (χ3v) is 8.00. The molecule has 0 bridgehead atoms. The third kappa shape index (κ3) is 5.92. The van der Waals surface area contributed by atoms with Gasteiger partial charge in [-0.2, -0.15) is 0 Å². The van der Waals surface area contributed by atoms with Crippen molar-refractivity contribution in [2.24, 2.45) is 0 Å². The van der Waals surface area contributed by atoms with E-state index in [4.69, 9.17) is 4.74 Å². The maximum absolute atomic E-state index is 12.9. The number of amides is 1. The fourth-order valence-electron chi connectivity index (χ4n) is 4.18. The third-order valence-electron chi connectivity index (χ3n) is 6.14. The molecule has 4 rings (SSSR count). The van der Waals surface area contributed by atoms with Crippen molar-refractivity contribution in [2.45, 2.75) is 32.5 Å². The number of nitrogens with zero attached hydrogens (tertiary/aromatic N) is 4. The summed E-state index contributed by atoms with van der Waals surface area (Å²) in [6.45, 7) is 8.87. The maximum Gasteiger partial charge on any atom is 0.341 e. The predicted molar refractivity (Wildman–Crippen MR) is 155 cm³/mol. The second-order valence-corrected chi connectivity index (χ2v) is 10.1. The van der Waals surface area contributed by atoms with Crippen LogP contribution in [0, 0.1) is 0 Å². The van der Waals surface area contributed by atoms with Crippen molar-refractivity contribution in [3.05, 3.63) is 65.5 Å². The highest BCUT2D eigenvalue weighted by atomic mass is 32.2. The summed E-state index contributed by atoms with van der Waals surface area (Å²) in [7, 11) is 1.34. The topological polar surface area (TPSA) is 89.3 Å². The Kier molecular flexibility index (Phi) is 9.19. The van der Waals surface area contributed by atoms with E-state index in [-0.39, 0.29) is 11.7 Å². The van der Waals surface area contributed by atoms with Gasteiger partial charge in [0.05, 0.1) is 12.9 Å². The molecule has 1 amide bonds. The number of anilines is 2. The molecular weight excluding hydrogens is 518 g/mol. The standard InChI is InChI=1S/C28H31N5O3S2/c1-5-32(6-2)21-15-13-20(14-16-21)25-30-31-28(33(25)7-3)38-18-23(34)29-26-24(27(35)36-4)22(17-37-26)19-11-9-8-10-12-19/h8-17H,5-7,18H2,1-4H3,(H,29,34). The highest BCUT2D eigenvalue weighted by Gasteiger charge is 2.23. The number of carbonyl (C=O) groups excluding carboxylic acids is 2. The lowest BCUT2D eigenvalue weighted by Gasteiger charge is -2.21. The number of nitrogens with one attached hydrogen (secondary N) is 1. The highest BCUT2D eigenvalue weighted by molar-refractivity contribution is 7.99. The largest absolute Gasteiger partial charge is 0.465 e. The van der Waals surface area contributed by atoms with Gasteiger partial charge in [-0.05, 0) is 50.6 Å². The number of thiophene rings is 1. The Morgan fingerprint density at radius 3 is 2.34 bits per heavy atom. The lowest BCUT2D eigenvalue weighted by atomic mass is 10.0. The molecule has 0 unspecified atom stereocenters. The van der Waals surface area contributed by atoms with E-state index in [2.05, 4.69) is 58.5 Å². The number of thioether (sulfide) groups is 1. The fourth-order valence-corrected chi connectivity index (χ4v) is 5.96.